The molecule has 1 heterocycles. The van der Waals surface area contributed by atoms with E-state index in [0.717, 1.165) is 57.0 Å². The third-order valence-electron chi connectivity index (χ3n) is 6.13. The molecule has 0 spiro atoms. The number of aliphatic imine (C=N–C) groups is 1. The number of likely N-dealkylation sites (N-methyl/N-ethyl adjacent to an activating group) is 1. The van der Waals surface area contributed by atoms with Gasteiger partial charge in [0.25, 0.3) is 0 Å². The van der Waals surface area contributed by atoms with E-state index in [0.29, 0.717) is 6.54 Å². The first-order chi connectivity index (χ1) is 14.2. The molecule has 2 N–H and O–H groups in total. The number of hydrogen-bond donors (Lipinski definition) is 2. The summed E-state index contributed by atoms with van der Waals surface area (Å²) in [6, 6.07) is 7.71. The summed E-state index contributed by atoms with van der Waals surface area (Å²) in [6.45, 7) is 5.81. The molecule has 1 unspecified atom stereocenters. The lowest BCUT2D eigenvalue weighted by molar-refractivity contribution is 0.0170. The number of rotatable bonds is 8. The summed E-state index contributed by atoms with van der Waals surface area (Å²) in [6.07, 6.45) is 5.36. The fourth-order valence-corrected chi connectivity index (χ4v) is 4.32. The van der Waals surface area contributed by atoms with Crippen molar-refractivity contribution >= 4 is 5.96 Å². The zero-order chi connectivity index (χ0) is 20.5. The van der Waals surface area contributed by atoms with Gasteiger partial charge >= 0.3 is 0 Å². The zero-order valence-corrected chi connectivity index (χ0v) is 17.9. The van der Waals surface area contributed by atoms with E-state index in [1.54, 1.807) is 7.05 Å². The molecule has 0 radical (unpaired) electrons. The van der Waals surface area contributed by atoms with E-state index in [9.17, 15) is 4.39 Å². The first-order valence-corrected chi connectivity index (χ1v) is 10.9. The molecule has 1 aliphatic heterocycles. The molecule has 162 valence electrons. The van der Waals surface area contributed by atoms with Crippen LogP contribution in [0.15, 0.2) is 29.3 Å². The fraction of sp³-hybridized carbons (Fsp3) is 0.682. The summed E-state index contributed by atoms with van der Waals surface area (Å²) in [5, 5.41) is 6.90. The topological polar surface area (TPSA) is 52.1 Å². The molecular formula is C22H36FN5O. The van der Waals surface area contributed by atoms with Crippen LogP contribution in [0.2, 0.25) is 0 Å². The predicted octanol–water partition coefficient (Wildman–Crippen LogP) is 2.24. The minimum Gasteiger partial charge on any atom is -0.379 e. The summed E-state index contributed by atoms with van der Waals surface area (Å²) in [4.78, 5) is 9.23. The van der Waals surface area contributed by atoms with Crippen LogP contribution < -0.4 is 10.6 Å². The second kappa shape index (κ2) is 11.5. The molecule has 2 aliphatic rings. The van der Waals surface area contributed by atoms with Crippen LogP contribution in [0.4, 0.5) is 4.39 Å². The van der Waals surface area contributed by atoms with E-state index in [-0.39, 0.29) is 11.9 Å². The Kier molecular flexibility index (Phi) is 8.70. The van der Waals surface area contributed by atoms with Gasteiger partial charge in [0.15, 0.2) is 5.96 Å². The highest BCUT2D eigenvalue weighted by atomic mass is 19.1. The maximum absolute atomic E-state index is 13.4. The molecule has 1 saturated heterocycles. The van der Waals surface area contributed by atoms with E-state index >= 15 is 0 Å². The monoisotopic (exact) mass is 405 g/mol. The summed E-state index contributed by atoms with van der Waals surface area (Å²) in [5.74, 6) is 0.608. The largest absolute Gasteiger partial charge is 0.379 e. The van der Waals surface area contributed by atoms with Crippen LogP contribution in [-0.4, -0.2) is 81.8 Å². The number of benzene rings is 1. The molecule has 6 nitrogen and oxygen atoms in total. The molecule has 2 fully saturated rings. The summed E-state index contributed by atoms with van der Waals surface area (Å²) in [5.41, 5.74) is 1.11. The molecule has 0 bridgehead atoms. The molecule has 29 heavy (non-hydrogen) atoms. The third kappa shape index (κ3) is 6.66. The van der Waals surface area contributed by atoms with Gasteiger partial charge in [-0.15, -0.1) is 0 Å². The number of halogens is 1. The van der Waals surface area contributed by atoms with Gasteiger partial charge in [0, 0.05) is 45.8 Å². The fourth-order valence-electron chi connectivity index (χ4n) is 4.32. The number of morpholine rings is 1. The van der Waals surface area contributed by atoms with Crippen molar-refractivity contribution in [2.45, 2.75) is 37.8 Å². The van der Waals surface area contributed by atoms with E-state index in [2.05, 4.69) is 32.5 Å². The van der Waals surface area contributed by atoms with Gasteiger partial charge in [-0.05, 0) is 37.6 Å². The van der Waals surface area contributed by atoms with Crippen molar-refractivity contribution in [2.24, 2.45) is 4.99 Å². The smallest absolute Gasteiger partial charge is 0.191 e. The molecule has 7 heteroatoms. The highest BCUT2D eigenvalue weighted by Gasteiger charge is 2.23. The number of nitrogens with zero attached hydrogens (tertiary/aromatic N) is 3. The van der Waals surface area contributed by atoms with Crippen molar-refractivity contribution in [1.82, 2.24) is 20.4 Å². The summed E-state index contributed by atoms with van der Waals surface area (Å²) in [7, 11) is 4.02. The molecule has 0 aromatic heterocycles. The Morgan fingerprint density at radius 1 is 1.21 bits per heavy atom. The van der Waals surface area contributed by atoms with Crippen LogP contribution in [0.3, 0.4) is 0 Å². The van der Waals surface area contributed by atoms with Crippen LogP contribution >= 0.6 is 0 Å². The standard InChI is InChI=1S/C22H36FN5O/c1-24-22(25-11-12-27(2)20-5-3-4-6-20)26-17-21(28-13-15-29-16-14-28)18-7-9-19(23)10-8-18/h7-10,20-21H,3-6,11-17H2,1-2H3,(H2,24,25,26). The van der Waals surface area contributed by atoms with Crippen LogP contribution in [0, 0.1) is 5.82 Å². The number of nitrogens with one attached hydrogen (secondary N) is 2. The summed E-state index contributed by atoms with van der Waals surface area (Å²) >= 11 is 0. The Morgan fingerprint density at radius 2 is 1.90 bits per heavy atom. The SMILES string of the molecule is CN=C(NCCN(C)C1CCCC1)NCC(c1ccc(F)cc1)N1CCOCC1. The van der Waals surface area contributed by atoms with Crippen LogP contribution in [0.1, 0.15) is 37.3 Å². The van der Waals surface area contributed by atoms with E-state index in [4.69, 9.17) is 4.74 Å². The third-order valence-corrected chi connectivity index (χ3v) is 6.13. The van der Waals surface area contributed by atoms with E-state index < -0.39 is 0 Å². The minimum atomic E-state index is -0.203. The van der Waals surface area contributed by atoms with E-state index in [1.807, 2.05) is 12.1 Å². The molecule has 1 aromatic carbocycles. The van der Waals surface area contributed by atoms with Crippen molar-refractivity contribution in [3.05, 3.63) is 35.6 Å². The maximum atomic E-state index is 13.4. The van der Waals surface area contributed by atoms with Gasteiger partial charge in [-0.25, -0.2) is 4.39 Å². The highest BCUT2D eigenvalue weighted by Crippen LogP contribution is 2.22. The first kappa shape index (κ1) is 22.0. The van der Waals surface area contributed by atoms with Crippen molar-refractivity contribution < 1.29 is 9.13 Å². The van der Waals surface area contributed by atoms with Crippen molar-refractivity contribution in [1.29, 1.82) is 0 Å². The Bertz CT molecular complexity index is 627. The lowest BCUT2D eigenvalue weighted by Crippen LogP contribution is -2.47. The molecule has 3 rings (SSSR count). The lowest BCUT2D eigenvalue weighted by atomic mass is 10.0. The molecule has 1 aliphatic carbocycles. The Balaban J connectivity index is 1.51. The average molecular weight is 406 g/mol. The quantitative estimate of drug-likeness (QED) is 0.513. The average Bonchev–Trinajstić information content (AvgIpc) is 3.29. The second-order valence-electron chi connectivity index (χ2n) is 8.01. The predicted molar refractivity (Wildman–Crippen MR) is 116 cm³/mol. The summed E-state index contributed by atoms with van der Waals surface area (Å²) < 4.78 is 18.9. The maximum Gasteiger partial charge on any atom is 0.191 e. The van der Waals surface area contributed by atoms with Crippen LogP contribution in [-0.2, 0) is 4.74 Å². The number of guanidine groups is 1. The van der Waals surface area contributed by atoms with Gasteiger partial charge in [-0.2, -0.15) is 0 Å². The van der Waals surface area contributed by atoms with Gasteiger partial charge in [0.2, 0.25) is 0 Å². The number of ether oxygens (including phenoxy) is 1. The van der Waals surface area contributed by atoms with Crippen molar-refractivity contribution in [2.75, 3.05) is 60.0 Å². The normalized spacial score (nSPS) is 20.2. The van der Waals surface area contributed by atoms with Gasteiger partial charge in [0.05, 0.1) is 19.3 Å². The highest BCUT2D eigenvalue weighted by molar-refractivity contribution is 5.79. The van der Waals surface area contributed by atoms with Crippen LogP contribution in [0.25, 0.3) is 0 Å². The van der Waals surface area contributed by atoms with Crippen molar-refractivity contribution in [3.8, 4) is 0 Å². The van der Waals surface area contributed by atoms with Crippen molar-refractivity contribution in [3.63, 3.8) is 0 Å². The molecule has 1 aromatic rings. The van der Waals surface area contributed by atoms with Gasteiger partial charge in [0.1, 0.15) is 5.82 Å². The first-order valence-electron chi connectivity index (χ1n) is 10.9. The van der Waals surface area contributed by atoms with E-state index in [1.165, 1.54) is 37.8 Å². The Morgan fingerprint density at radius 3 is 2.55 bits per heavy atom. The lowest BCUT2D eigenvalue weighted by Gasteiger charge is -2.35. The van der Waals surface area contributed by atoms with Gasteiger partial charge < -0.3 is 20.3 Å². The van der Waals surface area contributed by atoms with Crippen LogP contribution in [0.5, 0.6) is 0 Å². The molecule has 1 atom stereocenters. The zero-order valence-electron chi connectivity index (χ0n) is 17.9. The number of hydrogen-bond acceptors (Lipinski definition) is 4. The second-order valence-corrected chi connectivity index (χ2v) is 8.01. The Hall–Kier alpha value is -1.70. The molecular weight excluding hydrogens is 369 g/mol. The van der Waals surface area contributed by atoms with Gasteiger partial charge in [-0.1, -0.05) is 25.0 Å². The van der Waals surface area contributed by atoms with Gasteiger partial charge in [-0.3, -0.25) is 9.89 Å². The molecule has 0 amide bonds. The minimum absolute atomic E-state index is 0.152. The Labute approximate surface area is 174 Å². The molecule has 1 saturated carbocycles.